The number of carbonyl (C=O) groups excluding carboxylic acids is 1. The normalized spacial score (nSPS) is 11.0. The molecule has 1 N–H and O–H groups in total. The van der Waals surface area contributed by atoms with E-state index in [1.54, 1.807) is 14.0 Å². The van der Waals surface area contributed by atoms with E-state index < -0.39 is 0 Å². The molecule has 0 unspecified atom stereocenters. The van der Waals surface area contributed by atoms with Crippen LogP contribution >= 0.6 is 23.1 Å². The van der Waals surface area contributed by atoms with Crippen molar-refractivity contribution < 1.29 is 9.53 Å². The van der Waals surface area contributed by atoms with Gasteiger partial charge in [-0.25, -0.2) is 4.98 Å². The van der Waals surface area contributed by atoms with Crippen molar-refractivity contribution in [1.29, 1.82) is 0 Å². The highest BCUT2D eigenvalue weighted by molar-refractivity contribution is 7.99. The summed E-state index contributed by atoms with van der Waals surface area (Å²) in [7, 11) is 1.62. The second kappa shape index (κ2) is 7.41. The summed E-state index contributed by atoms with van der Waals surface area (Å²) in [6, 6.07) is 5.89. The van der Waals surface area contributed by atoms with Gasteiger partial charge in [-0.15, -0.1) is 11.3 Å². The maximum absolute atomic E-state index is 12.6. The Morgan fingerprint density at radius 2 is 2.16 bits per heavy atom. The van der Waals surface area contributed by atoms with Crippen molar-refractivity contribution in [1.82, 2.24) is 9.97 Å². The van der Waals surface area contributed by atoms with Crippen LogP contribution in [0.15, 0.2) is 33.5 Å². The molecule has 2 heterocycles. The Labute approximate surface area is 153 Å². The first-order valence-electron chi connectivity index (χ1n) is 7.78. The molecule has 0 spiro atoms. The van der Waals surface area contributed by atoms with E-state index in [0.29, 0.717) is 27.5 Å². The zero-order valence-electron chi connectivity index (χ0n) is 14.2. The molecular weight excluding hydrogens is 356 g/mol. The average molecular weight is 374 g/mol. The van der Waals surface area contributed by atoms with Gasteiger partial charge in [-0.2, -0.15) is 0 Å². The maximum Gasteiger partial charge on any atom is 0.260 e. The molecule has 0 saturated heterocycles. The van der Waals surface area contributed by atoms with Gasteiger partial charge in [-0.1, -0.05) is 23.4 Å². The van der Waals surface area contributed by atoms with E-state index in [1.165, 1.54) is 23.1 Å². The summed E-state index contributed by atoms with van der Waals surface area (Å²) in [4.78, 5) is 31.7. The zero-order chi connectivity index (χ0) is 18.0. The maximum atomic E-state index is 12.6. The standard InChI is InChI=1S/C18H18N2O3S2/c1-10-4-5-14(23-3)12(8-10)13-9-25-17-15(13)16(22)19-18(20-17)24-7-6-11(2)21/h4-5,8-9H,6-7H2,1-3H3,(H,19,20,22). The van der Waals surface area contributed by atoms with Crippen LogP contribution in [0.3, 0.4) is 0 Å². The number of nitrogens with zero attached hydrogens (tertiary/aromatic N) is 1. The highest BCUT2D eigenvalue weighted by Crippen LogP contribution is 2.37. The third-order valence-corrected chi connectivity index (χ3v) is 5.51. The number of methoxy groups -OCH3 is 1. The quantitative estimate of drug-likeness (QED) is 0.521. The molecule has 0 saturated carbocycles. The number of H-pyrrole nitrogens is 1. The lowest BCUT2D eigenvalue weighted by Crippen LogP contribution is -2.09. The third-order valence-electron chi connectivity index (χ3n) is 3.76. The fourth-order valence-corrected chi connectivity index (χ4v) is 4.42. The van der Waals surface area contributed by atoms with E-state index in [-0.39, 0.29) is 11.3 Å². The molecule has 25 heavy (non-hydrogen) atoms. The molecule has 0 aliphatic heterocycles. The van der Waals surface area contributed by atoms with Crippen molar-refractivity contribution in [3.05, 3.63) is 39.5 Å². The molecule has 0 radical (unpaired) electrons. The zero-order valence-corrected chi connectivity index (χ0v) is 15.8. The number of ether oxygens (including phenoxy) is 1. The number of benzene rings is 1. The number of rotatable bonds is 6. The summed E-state index contributed by atoms with van der Waals surface area (Å²) < 4.78 is 5.45. The van der Waals surface area contributed by atoms with Gasteiger partial charge in [-0.05, 0) is 26.0 Å². The van der Waals surface area contributed by atoms with Gasteiger partial charge in [0.15, 0.2) is 5.16 Å². The predicted molar refractivity (Wildman–Crippen MR) is 103 cm³/mol. The van der Waals surface area contributed by atoms with Crippen LogP contribution in [0.5, 0.6) is 5.75 Å². The second-order valence-electron chi connectivity index (χ2n) is 5.70. The number of thiophene rings is 1. The minimum absolute atomic E-state index is 0.126. The molecule has 7 heteroatoms. The number of nitrogens with one attached hydrogen (secondary N) is 1. The molecule has 3 aromatic rings. The van der Waals surface area contributed by atoms with Crippen molar-refractivity contribution >= 4 is 39.1 Å². The first-order valence-corrected chi connectivity index (χ1v) is 9.65. The van der Waals surface area contributed by atoms with Gasteiger partial charge < -0.3 is 9.72 Å². The van der Waals surface area contributed by atoms with Gasteiger partial charge in [0, 0.05) is 28.7 Å². The summed E-state index contributed by atoms with van der Waals surface area (Å²) in [5.41, 5.74) is 2.64. The summed E-state index contributed by atoms with van der Waals surface area (Å²) in [5.74, 6) is 1.46. The van der Waals surface area contributed by atoms with Crippen molar-refractivity contribution in [2.45, 2.75) is 25.4 Å². The van der Waals surface area contributed by atoms with Crippen LogP contribution in [0.1, 0.15) is 18.9 Å². The van der Waals surface area contributed by atoms with Crippen LogP contribution in [0.2, 0.25) is 0 Å². The lowest BCUT2D eigenvalue weighted by atomic mass is 10.0. The number of aromatic nitrogens is 2. The molecule has 130 valence electrons. The number of hydrogen-bond donors (Lipinski definition) is 1. The van der Waals surface area contributed by atoms with E-state index in [0.717, 1.165) is 22.4 Å². The minimum atomic E-state index is -0.171. The molecule has 3 rings (SSSR count). The Hall–Kier alpha value is -2.12. The molecule has 0 bridgehead atoms. The molecular formula is C18H18N2O3S2. The number of fused-ring (bicyclic) bond motifs is 1. The average Bonchev–Trinajstić information content (AvgIpc) is 2.99. The Balaban J connectivity index is 2.04. The van der Waals surface area contributed by atoms with Gasteiger partial charge >= 0.3 is 0 Å². The number of ketones is 1. The molecule has 0 atom stereocenters. The van der Waals surface area contributed by atoms with Crippen LogP contribution in [0, 0.1) is 6.92 Å². The van der Waals surface area contributed by atoms with Crippen molar-refractivity contribution in [3.63, 3.8) is 0 Å². The van der Waals surface area contributed by atoms with Crippen LogP contribution < -0.4 is 10.3 Å². The molecule has 0 amide bonds. The first kappa shape index (κ1) is 17.7. The topological polar surface area (TPSA) is 72.0 Å². The fourth-order valence-electron chi connectivity index (χ4n) is 2.52. The van der Waals surface area contributed by atoms with Crippen LogP contribution in [-0.4, -0.2) is 28.6 Å². The molecule has 0 aliphatic carbocycles. The van der Waals surface area contributed by atoms with Crippen molar-refractivity contribution in [3.8, 4) is 16.9 Å². The molecule has 0 fully saturated rings. The largest absolute Gasteiger partial charge is 0.496 e. The van der Waals surface area contributed by atoms with E-state index in [2.05, 4.69) is 9.97 Å². The highest BCUT2D eigenvalue weighted by Gasteiger charge is 2.16. The van der Waals surface area contributed by atoms with Crippen LogP contribution in [0.4, 0.5) is 0 Å². The van der Waals surface area contributed by atoms with Crippen molar-refractivity contribution in [2.75, 3.05) is 12.9 Å². The number of aryl methyl sites for hydroxylation is 1. The Morgan fingerprint density at radius 1 is 1.36 bits per heavy atom. The summed E-state index contributed by atoms with van der Waals surface area (Å²) in [6.45, 7) is 3.56. The van der Waals surface area contributed by atoms with Gasteiger partial charge in [0.1, 0.15) is 16.4 Å². The second-order valence-corrected chi connectivity index (χ2v) is 7.65. The van der Waals surface area contributed by atoms with E-state index in [9.17, 15) is 9.59 Å². The van der Waals surface area contributed by atoms with Crippen molar-refractivity contribution in [2.24, 2.45) is 0 Å². The monoisotopic (exact) mass is 374 g/mol. The number of thioether (sulfide) groups is 1. The molecule has 2 aromatic heterocycles. The van der Waals surface area contributed by atoms with Gasteiger partial charge in [0.25, 0.3) is 5.56 Å². The van der Waals surface area contributed by atoms with E-state index in [1.807, 2.05) is 30.5 Å². The predicted octanol–water partition coefficient (Wildman–Crippen LogP) is 4.04. The lowest BCUT2D eigenvalue weighted by molar-refractivity contribution is -0.116. The lowest BCUT2D eigenvalue weighted by Gasteiger charge is -2.08. The summed E-state index contributed by atoms with van der Waals surface area (Å²) in [5, 5.41) is 3.06. The number of hydrogen-bond acceptors (Lipinski definition) is 6. The molecule has 0 aliphatic rings. The van der Waals surface area contributed by atoms with E-state index in [4.69, 9.17) is 4.74 Å². The third kappa shape index (κ3) is 3.77. The summed E-state index contributed by atoms with van der Waals surface area (Å²) in [6.07, 6.45) is 0.461. The Bertz CT molecular complexity index is 992. The molecule has 1 aromatic carbocycles. The fraction of sp³-hybridized carbons (Fsp3) is 0.278. The first-order chi connectivity index (χ1) is 12.0. The Morgan fingerprint density at radius 3 is 2.88 bits per heavy atom. The van der Waals surface area contributed by atoms with Crippen LogP contribution in [0.25, 0.3) is 21.3 Å². The number of aromatic amines is 1. The van der Waals surface area contributed by atoms with Gasteiger partial charge in [0.2, 0.25) is 0 Å². The number of Topliss-reactive ketones (excluding diaryl/α,β-unsaturated/α-hetero) is 1. The van der Waals surface area contributed by atoms with Gasteiger partial charge in [0.05, 0.1) is 12.5 Å². The minimum Gasteiger partial charge on any atom is -0.496 e. The summed E-state index contributed by atoms with van der Waals surface area (Å²) >= 11 is 2.82. The Kier molecular flexibility index (Phi) is 5.24. The smallest absolute Gasteiger partial charge is 0.260 e. The van der Waals surface area contributed by atoms with E-state index >= 15 is 0 Å². The number of carbonyl (C=O) groups is 1. The van der Waals surface area contributed by atoms with Crippen LogP contribution in [-0.2, 0) is 4.79 Å². The molecule has 5 nitrogen and oxygen atoms in total. The van der Waals surface area contributed by atoms with Gasteiger partial charge in [-0.3, -0.25) is 9.59 Å². The SMILES string of the molecule is COc1ccc(C)cc1-c1csc2nc(SCCC(C)=O)[nH]c(=O)c12. The highest BCUT2D eigenvalue weighted by atomic mass is 32.2.